The zero-order chi connectivity index (χ0) is 33.9. The SMILES string of the molecule is C=C/C=C\NC(=[N-])c1[c-]cccc1.[Ir+3].[Ir].[c-]1ccccc1.[c-]1ccccc1-c1nnc2n1CCCC2.[c-]1ccccc1-c1nnc2n1CCCC2. The summed E-state index contributed by atoms with van der Waals surface area (Å²) in [6.07, 6.45) is 11.9. The molecule has 2 aromatic heterocycles. The Morgan fingerprint density at radius 2 is 1.18 bits per heavy atom. The molecule has 8 rings (SSSR count). The van der Waals surface area contributed by atoms with E-state index in [1.54, 1.807) is 30.5 Å². The van der Waals surface area contributed by atoms with Crippen LogP contribution in [0.15, 0.2) is 128 Å². The van der Waals surface area contributed by atoms with Gasteiger partial charge < -0.3 is 19.9 Å². The Morgan fingerprint density at radius 1 is 0.667 bits per heavy atom. The van der Waals surface area contributed by atoms with Gasteiger partial charge in [-0.1, -0.05) is 24.9 Å². The number of aromatic nitrogens is 6. The van der Waals surface area contributed by atoms with Gasteiger partial charge in [-0.05, 0) is 25.7 Å². The van der Waals surface area contributed by atoms with Crippen molar-refractivity contribution < 1.29 is 40.2 Å². The van der Waals surface area contributed by atoms with Crippen LogP contribution in [0.4, 0.5) is 0 Å². The minimum absolute atomic E-state index is 0. The van der Waals surface area contributed by atoms with Gasteiger partial charge in [0.1, 0.15) is 11.6 Å². The predicted octanol–water partition coefficient (Wildman–Crippen LogP) is 7.74. The topological polar surface area (TPSA) is 95.8 Å². The van der Waals surface area contributed by atoms with Crippen molar-refractivity contribution in [3.63, 3.8) is 0 Å². The molecular weight excluding hydrogens is 989 g/mol. The Balaban J connectivity index is 0.000000188. The molecule has 0 spiro atoms. The number of fused-ring (bicyclic) bond motifs is 2. The molecule has 0 aliphatic carbocycles. The zero-order valence-electron chi connectivity index (χ0n) is 28.2. The first kappa shape index (κ1) is 40.8. The third-order valence-electron chi connectivity index (χ3n) is 7.64. The molecule has 0 saturated heterocycles. The number of nitrogens with one attached hydrogen (secondary N) is 1. The van der Waals surface area contributed by atoms with Crippen molar-refractivity contribution in [2.75, 3.05) is 0 Å². The van der Waals surface area contributed by atoms with Crippen LogP contribution in [-0.2, 0) is 66.1 Å². The molecule has 4 heterocycles. The number of amidine groups is 1. The van der Waals surface area contributed by atoms with E-state index in [9.17, 15) is 5.41 Å². The number of hydrogen-bond donors (Lipinski definition) is 1. The van der Waals surface area contributed by atoms with E-state index in [1.165, 1.54) is 25.7 Å². The molecule has 2 aliphatic rings. The molecule has 0 amide bonds. The molecule has 10 heteroatoms. The van der Waals surface area contributed by atoms with Crippen molar-refractivity contribution in [1.82, 2.24) is 34.8 Å². The minimum atomic E-state index is 0. The molecule has 1 radical (unpaired) electrons. The average molecular weight is 1030 g/mol. The molecule has 2 aliphatic heterocycles. The molecule has 6 aromatic rings. The second kappa shape index (κ2) is 23.0. The molecule has 0 bridgehead atoms. The van der Waals surface area contributed by atoms with Crippen molar-refractivity contribution in [2.24, 2.45) is 0 Å². The van der Waals surface area contributed by atoms with Gasteiger partial charge in [-0.2, -0.15) is 58.0 Å². The molecule has 51 heavy (non-hydrogen) atoms. The molecule has 1 N–H and O–H groups in total. The fraction of sp³-hybridized carbons (Fsp3) is 0.195. The first-order valence-corrected chi connectivity index (χ1v) is 16.5. The number of allylic oxidation sites excluding steroid dienone is 2. The van der Waals surface area contributed by atoms with E-state index in [1.807, 2.05) is 91.0 Å². The fourth-order valence-electron chi connectivity index (χ4n) is 5.24. The normalized spacial score (nSPS) is 12.2. The van der Waals surface area contributed by atoms with Crippen LogP contribution >= 0.6 is 0 Å². The van der Waals surface area contributed by atoms with Gasteiger partial charge in [-0.25, -0.2) is 0 Å². The van der Waals surface area contributed by atoms with Crippen LogP contribution in [0.25, 0.3) is 28.2 Å². The molecule has 4 aromatic carbocycles. The van der Waals surface area contributed by atoms with E-state index in [0.29, 0.717) is 5.56 Å². The molecule has 0 saturated carbocycles. The number of rotatable bonds is 5. The van der Waals surface area contributed by atoms with E-state index in [4.69, 9.17) is 0 Å². The summed E-state index contributed by atoms with van der Waals surface area (Å²) < 4.78 is 4.44. The molecule has 0 atom stereocenters. The Bertz CT molecular complexity index is 1760. The summed E-state index contributed by atoms with van der Waals surface area (Å²) in [4.78, 5) is 0. The van der Waals surface area contributed by atoms with Crippen LogP contribution in [-0.4, -0.2) is 35.4 Å². The second-order valence-corrected chi connectivity index (χ2v) is 11.1. The Hall–Kier alpha value is -4.59. The van der Waals surface area contributed by atoms with E-state index >= 15 is 0 Å². The standard InChI is InChI=1S/2C12H12N3.C11H10N2.C6H5.2Ir/c2*1-2-6-10(7-3-1)12-14-13-11-8-4-5-9-15(11)12;1-2-3-9-13-11(12)10-7-5-4-6-8-10;1-2-4-6-5-3-1;;/h2*1-3,6H,4-5,8-9H2;2-7,9H,1H2,(H-,12,13);1-5H;;/q2*-1;-2;-1;;+3/b;;9-3-;;;. The van der Waals surface area contributed by atoms with Gasteiger partial charge in [0.25, 0.3) is 0 Å². The largest absolute Gasteiger partial charge is 3.00 e. The Kier molecular flexibility index (Phi) is 18.4. The second-order valence-electron chi connectivity index (χ2n) is 11.1. The summed E-state index contributed by atoms with van der Waals surface area (Å²) >= 11 is 0. The van der Waals surface area contributed by atoms with E-state index in [-0.39, 0.29) is 46.0 Å². The summed E-state index contributed by atoms with van der Waals surface area (Å²) in [5.74, 6) is 4.25. The fourth-order valence-corrected chi connectivity index (χ4v) is 5.24. The Morgan fingerprint density at radius 3 is 1.59 bits per heavy atom. The maximum Gasteiger partial charge on any atom is 3.00 e. The average Bonchev–Trinajstić information content (AvgIpc) is 3.83. The van der Waals surface area contributed by atoms with Crippen molar-refractivity contribution in [1.29, 1.82) is 0 Å². The zero-order valence-corrected chi connectivity index (χ0v) is 33.0. The van der Waals surface area contributed by atoms with Gasteiger partial charge in [-0.3, -0.25) is 0 Å². The smallest absolute Gasteiger partial charge is 0.521 e. The van der Waals surface area contributed by atoms with Crippen molar-refractivity contribution >= 4 is 5.84 Å². The van der Waals surface area contributed by atoms with Gasteiger partial charge in [0, 0.05) is 46.0 Å². The maximum atomic E-state index is 9.44. The van der Waals surface area contributed by atoms with Gasteiger partial charge in [-0.15, -0.1) is 112 Å². The van der Waals surface area contributed by atoms with Crippen LogP contribution in [0.2, 0.25) is 0 Å². The van der Waals surface area contributed by atoms with Crippen molar-refractivity contribution in [3.05, 3.63) is 175 Å². The quantitative estimate of drug-likeness (QED) is 0.0826. The summed E-state index contributed by atoms with van der Waals surface area (Å²) in [6.45, 7) is 5.59. The van der Waals surface area contributed by atoms with Gasteiger partial charge >= 0.3 is 20.1 Å². The maximum absolute atomic E-state index is 9.44. The summed E-state index contributed by atoms with van der Waals surface area (Å²) in [5.41, 5.74) is 2.72. The van der Waals surface area contributed by atoms with Crippen molar-refractivity contribution in [2.45, 2.75) is 51.6 Å². The van der Waals surface area contributed by atoms with Crippen LogP contribution < -0.4 is 5.32 Å². The van der Waals surface area contributed by atoms with Crippen LogP contribution in [0.3, 0.4) is 0 Å². The number of hydrogen-bond acceptors (Lipinski definition) is 4. The van der Waals surface area contributed by atoms with Crippen molar-refractivity contribution in [3.8, 4) is 22.8 Å². The van der Waals surface area contributed by atoms with E-state index in [2.05, 4.69) is 65.7 Å². The van der Waals surface area contributed by atoms with Crippen LogP contribution in [0, 0.1) is 24.3 Å². The Labute approximate surface area is 328 Å². The summed E-state index contributed by atoms with van der Waals surface area (Å²) in [6, 6.07) is 44.8. The van der Waals surface area contributed by atoms with E-state index in [0.717, 1.165) is 60.4 Å². The monoisotopic (exact) mass is 1030 g/mol. The summed E-state index contributed by atoms with van der Waals surface area (Å²) in [7, 11) is 0. The first-order chi connectivity index (χ1) is 24.2. The van der Waals surface area contributed by atoms with Crippen LogP contribution in [0.5, 0.6) is 0 Å². The van der Waals surface area contributed by atoms with E-state index < -0.39 is 0 Å². The molecule has 0 unspecified atom stereocenters. The van der Waals surface area contributed by atoms with Gasteiger partial charge in [0.15, 0.2) is 0 Å². The number of aryl methyl sites for hydroxylation is 2. The summed E-state index contributed by atoms with van der Waals surface area (Å²) in [5, 5.41) is 29.1. The number of nitrogens with zero attached hydrogens (tertiary/aromatic N) is 7. The molecule has 263 valence electrons. The number of benzene rings is 4. The molecule has 8 nitrogen and oxygen atoms in total. The molecular formula is C41H39Ir2N8-2. The van der Waals surface area contributed by atoms with Gasteiger partial charge in [0.05, 0.1) is 11.6 Å². The van der Waals surface area contributed by atoms with Gasteiger partial charge in [0.2, 0.25) is 0 Å². The van der Waals surface area contributed by atoms with Crippen LogP contribution in [0.1, 0.15) is 42.9 Å². The minimum Gasteiger partial charge on any atom is -0.521 e. The predicted molar refractivity (Wildman–Crippen MR) is 195 cm³/mol. The third kappa shape index (κ3) is 12.6. The molecule has 0 fully saturated rings. The third-order valence-corrected chi connectivity index (χ3v) is 7.64. The first-order valence-electron chi connectivity index (χ1n) is 16.5.